The Hall–Kier alpha value is -2.37. The van der Waals surface area contributed by atoms with Gasteiger partial charge in [-0.1, -0.05) is 6.92 Å². The number of aromatic carboxylic acids is 1. The summed E-state index contributed by atoms with van der Waals surface area (Å²) in [6.45, 7) is 4.28. The van der Waals surface area contributed by atoms with Gasteiger partial charge in [-0.2, -0.15) is 0 Å². The first-order valence-corrected chi connectivity index (χ1v) is 5.90. The number of hydrogen-bond acceptors (Lipinski definition) is 5. The van der Waals surface area contributed by atoms with Gasteiger partial charge in [-0.25, -0.2) is 14.8 Å². The number of nitrogens with zero attached hydrogens (tertiary/aromatic N) is 2. The molecule has 6 nitrogen and oxygen atoms in total. The summed E-state index contributed by atoms with van der Waals surface area (Å²) in [5.74, 6) is -1.05. The van der Waals surface area contributed by atoms with E-state index < -0.39 is 5.97 Å². The molecular formula is C13H14N2O4. The van der Waals surface area contributed by atoms with Crippen LogP contribution in [0.4, 0.5) is 0 Å². The van der Waals surface area contributed by atoms with Crippen molar-refractivity contribution >= 4 is 17.0 Å². The molecule has 0 saturated heterocycles. The van der Waals surface area contributed by atoms with Gasteiger partial charge in [0.1, 0.15) is 17.1 Å². The fraction of sp³-hybridized carbons (Fsp3) is 0.308. The van der Waals surface area contributed by atoms with Crippen molar-refractivity contribution < 1.29 is 19.7 Å². The lowest BCUT2D eigenvalue weighted by atomic mass is 10.1. The maximum absolute atomic E-state index is 10.9. The molecule has 0 bridgehead atoms. The molecule has 6 heteroatoms. The fourth-order valence-corrected chi connectivity index (χ4v) is 1.69. The second-order valence-electron chi connectivity index (χ2n) is 4.12. The van der Waals surface area contributed by atoms with Crippen LogP contribution in [0.15, 0.2) is 12.3 Å². The van der Waals surface area contributed by atoms with Gasteiger partial charge in [0.15, 0.2) is 5.65 Å². The largest absolute Gasteiger partial charge is 0.506 e. The van der Waals surface area contributed by atoms with E-state index in [-0.39, 0.29) is 16.7 Å². The van der Waals surface area contributed by atoms with Gasteiger partial charge >= 0.3 is 5.97 Å². The number of carboxylic acid groups (broad SMARTS) is 1. The summed E-state index contributed by atoms with van der Waals surface area (Å²) in [6, 6.07) is 1.57. The van der Waals surface area contributed by atoms with Crippen LogP contribution in [0.2, 0.25) is 0 Å². The SMILES string of the molecule is CCCOc1cc2c(O)c(C(=O)O)cnc2nc1C. The monoisotopic (exact) mass is 262 g/mol. The molecule has 2 N–H and O–H groups in total. The van der Waals surface area contributed by atoms with E-state index in [1.807, 2.05) is 6.92 Å². The topological polar surface area (TPSA) is 92.5 Å². The number of aromatic nitrogens is 2. The zero-order valence-corrected chi connectivity index (χ0v) is 10.7. The molecule has 2 aromatic rings. The lowest BCUT2D eigenvalue weighted by Crippen LogP contribution is -2.02. The molecule has 0 aliphatic carbocycles. The summed E-state index contributed by atoms with van der Waals surface area (Å²) in [4.78, 5) is 19.1. The Labute approximate surface area is 109 Å². The van der Waals surface area contributed by atoms with Crippen LogP contribution in [0.5, 0.6) is 11.5 Å². The third kappa shape index (κ3) is 2.42. The van der Waals surface area contributed by atoms with Crippen LogP contribution in [-0.4, -0.2) is 32.8 Å². The van der Waals surface area contributed by atoms with Crippen molar-refractivity contribution in [3.63, 3.8) is 0 Å². The average molecular weight is 262 g/mol. The number of carboxylic acids is 1. The van der Waals surface area contributed by atoms with E-state index in [9.17, 15) is 9.90 Å². The third-order valence-corrected chi connectivity index (χ3v) is 2.66. The van der Waals surface area contributed by atoms with Crippen LogP contribution in [0.3, 0.4) is 0 Å². The molecule has 0 aliphatic heterocycles. The number of aryl methyl sites for hydroxylation is 1. The number of pyridine rings is 2. The minimum absolute atomic E-state index is 0.250. The number of rotatable bonds is 4. The van der Waals surface area contributed by atoms with Crippen LogP contribution in [0.1, 0.15) is 29.4 Å². The molecule has 2 aromatic heterocycles. The Morgan fingerprint density at radius 3 is 2.84 bits per heavy atom. The van der Waals surface area contributed by atoms with Crippen LogP contribution in [0.25, 0.3) is 11.0 Å². The summed E-state index contributed by atoms with van der Waals surface area (Å²) in [6.07, 6.45) is 1.94. The van der Waals surface area contributed by atoms with Gasteiger partial charge in [0.25, 0.3) is 0 Å². The highest BCUT2D eigenvalue weighted by Crippen LogP contribution is 2.30. The summed E-state index contributed by atoms with van der Waals surface area (Å²) in [5.41, 5.74) is 0.694. The smallest absolute Gasteiger partial charge is 0.341 e. The number of carbonyl (C=O) groups is 1. The van der Waals surface area contributed by atoms with Gasteiger partial charge in [-0.3, -0.25) is 0 Å². The van der Waals surface area contributed by atoms with Crippen molar-refractivity contribution in [2.75, 3.05) is 6.61 Å². The first-order valence-electron chi connectivity index (χ1n) is 5.90. The quantitative estimate of drug-likeness (QED) is 0.876. The van der Waals surface area contributed by atoms with Crippen molar-refractivity contribution in [2.45, 2.75) is 20.3 Å². The maximum atomic E-state index is 10.9. The molecule has 0 aromatic carbocycles. The zero-order valence-electron chi connectivity index (χ0n) is 10.7. The number of fused-ring (bicyclic) bond motifs is 1. The molecule has 0 fully saturated rings. The van der Waals surface area contributed by atoms with Crippen LogP contribution < -0.4 is 4.74 Å². The maximum Gasteiger partial charge on any atom is 0.341 e. The predicted octanol–water partition coefficient (Wildman–Crippen LogP) is 2.13. The van der Waals surface area contributed by atoms with Crippen molar-refractivity contribution in [2.24, 2.45) is 0 Å². The normalized spacial score (nSPS) is 10.6. The van der Waals surface area contributed by atoms with Crippen LogP contribution >= 0.6 is 0 Å². The number of ether oxygens (including phenoxy) is 1. The molecule has 2 rings (SSSR count). The molecule has 100 valence electrons. The Balaban J connectivity index is 2.60. The second kappa shape index (κ2) is 5.09. The van der Waals surface area contributed by atoms with Gasteiger partial charge in [0, 0.05) is 6.20 Å². The second-order valence-corrected chi connectivity index (χ2v) is 4.12. The summed E-state index contributed by atoms with van der Waals surface area (Å²) < 4.78 is 5.50. The standard InChI is InChI=1S/C13H14N2O4/c1-3-4-19-10-5-8-11(16)9(13(17)18)6-14-12(8)15-7(10)2/h5-6H,3-4H2,1-2H3,(H,17,18)(H,14,15,16). The van der Waals surface area contributed by atoms with Crippen LogP contribution in [0, 0.1) is 6.92 Å². The van der Waals surface area contributed by atoms with Crippen LogP contribution in [-0.2, 0) is 0 Å². The molecule has 0 atom stereocenters. The summed E-state index contributed by atoms with van der Waals surface area (Å²) in [5, 5.41) is 19.2. The summed E-state index contributed by atoms with van der Waals surface area (Å²) >= 11 is 0. The average Bonchev–Trinajstić information content (AvgIpc) is 2.36. The lowest BCUT2D eigenvalue weighted by molar-refractivity contribution is 0.0693. The van der Waals surface area contributed by atoms with Crippen molar-refractivity contribution in [1.29, 1.82) is 0 Å². The highest BCUT2D eigenvalue weighted by molar-refractivity contribution is 5.97. The fourth-order valence-electron chi connectivity index (χ4n) is 1.69. The molecule has 0 unspecified atom stereocenters. The van der Waals surface area contributed by atoms with E-state index in [0.29, 0.717) is 23.7 Å². The molecule has 2 heterocycles. The Morgan fingerprint density at radius 1 is 1.47 bits per heavy atom. The van der Waals surface area contributed by atoms with Gasteiger partial charge < -0.3 is 14.9 Å². The van der Waals surface area contributed by atoms with Gasteiger partial charge in [0.05, 0.1) is 17.7 Å². The molecular weight excluding hydrogens is 248 g/mol. The van der Waals surface area contributed by atoms with Gasteiger partial charge in [0.2, 0.25) is 0 Å². The van der Waals surface area contributed by atoms with E-state index >= 15 is 0 Å². The molecule has 0 aliphatic rings. The Kier molecular flexibility index (Phi) is 3.50. The number of aromatic hydroxyl groups is 1. The van der Waals surface area contributed by atoms with E-state index in [4.69, 9.17) is 9.84 Å². The highest BCUT2D eigenvalue weighted by atomic mass is 16.5. The molecule has 19 heavy (non-hydrogen) atoms. The predicted molar refractivity (Wildman–Crippen MR) is 68.7 cm³/mol. The van der Waals surface area contributed by atoms with Gasteiger partial charge in [-0.15, -0.1) is 0 Å². The first kappa shape index (κ1) is 13.1. The molecule has 0 saturated carbocycles. The van der Waals surface area contributed by atoms with E-state index in [1.54, 1.807) is 13.0 Å². The Morgan fingerprint density at radius 2 is 2.21 bits per heavy atom. The molecule has 0 amide bonds. The zero-order chi connectivity index (χ0) is 14.0. The minimum Gasteiger partial charge on any atom is -0.506 e. The number of hydrogen-bond donors (Lipinski definition) is 2. The lowest BCUT2D eigenvalue weighted by Gasteiger charge is -2.10. The molecule has 0 radical (unpaired) electrons. The van der Waals surface area contributed by atoms with E-state index in [2.05, 4.69) is 9.97 Å². The highest BCUT2D eigenvalue weighted by Gasteiger charge is 2.16. The van der Waals surface area contributed by atoms with Gasteiger partial charge in [-0.05, 0) is 19.4 Å². The van der Waals surface area contributed by atoms with E-state index in [0.717, 1.165) is 12.6 Å². The first-order chi connectivity index (χ1) is 9.04. The van der Waals surface area contributed by atoms with Crippen molar-refractivity contribution in [3.05, 3.63) is 23.5 Å². The third-order valence-electron chi connectivity index (χ3n) is 2.66. The summed E-state index contributed by atoms with van der Waals surface area (Å²) in [7, 11) is 0. The Bertz CT molecular complexity index is 640. The van der Waals surface area contributed by atoms with Crippen molar-refractivity contribution in [1.82, 2.24) is 9.97 Å². The minimum atomic E-state index is -1.23. The molecule has 0 spiro atoms. The van der Waals surface area contributed by atoms with E-state index in [1.165, 1.54) is 0 Å². The van der Waals surface area contributed by atoms with Crippen molar-refractivity contribution in [3.8, 4) is 11.5 Å².